The second-order valence-corrected chi connectivity index (χ2v) is 4.99. The summed E-state index contributed by atoms with van der Waals surface area (Å²) in [5.41, 5.74) is 0.117. The van der Waals surface area contributed by atoms with E-state index < -0.39 is 0 Å². The van der Waals surface area contributed by atoms with E-state index in [4.69, 9.17) is 9.47 Å². The molecular formula is C12H22O2. The molecule has 1 aliphatic heterocycles. The van der Waals surface area contributed by atoms with Crippen LogP contribution in [0.25, 0.3) is 0 Å². The zero-order valence-electron chi connectivity index (χ0n) is 9.91. The normalized spacial score (nSPS) is 32.7. The van der Waals surface area contributed by atoms with Crippen LogP contribution < -0.4 is 0 Å². The molecule has 0 radical (unpaired) electrons. The minimum atomic E-state index is -0.152. The van der Waals surface area contributed by atoms with Gasteiger partial charge in [0.1, 0.15) is 0 Å². The van der Waals surface area contributed by atoms with Gasteiger partial charge in [-0.15, -0.1) is 0 Å². The van der Waals surface area contributed by atoms with Crippen molar-refractivity contribution in [3.8, 4) is 0 Å². The summed E-state index contributed by atoms with van der Waals surface area (Å²) in [6.45, 7) is 11.5. The molecule has 0 bridgehead atoms. The quantitative estimate of drug-likeness (QED) is 0.635. The number of hydrogen-bond acceptors (Lipinski definition) is 2. The summed E-state index contributed by atoms with van der Waals surface area (Å²) in [5.74, 6) is 0.529. The number of ether oxygens (including phenoxy) is 2. The Kier molecular flexibility index (Phi) is 3.73. The zero-order valence-corrected chi connectivity index (χ0v) is 9.91. The Labute approximate surface area is 87.3 Å². The minimum absolute atomic E-state index is 0.117. The third-order valence-corrected chi connectivity index (χ3v) is 2.63. The van der Waals surface area contributed by atoms with Crippen LogP contribution in [0, 0.1) is 11.3 Å². The molecule has 0 aromatic rings. The lowest BCUT2D eigenvalue weighted by atomic mass is 9.80. The monoisotopic (exact) mass is 198 g/mol. The van der Waals surface area contributed by atoms with E-state index in [1.54, 1.807) is 0 Å². The van der Waals surface area contributed by atoms with Crippen LogP contribution in [0.5, 0.6) is 0 Å². The fourth-order valence-electron chi connectivity index (χ4n) is 2.06. The summed E-state index contributed by atoms with van der Waals surface area (Å²) in [7, 11) is 0. The molecule has 0 spiro atoms. The lowest BCUT2D eigenvalue weighted by molar-refractivity contribution is -0.249. The molecule has 14 heavy (non-hydrogen) atoms. The maximum atomic E-state index is 5.89. The molecule has 0 unspecified atom stereocenters. The molecule has 0 aromatic carbocycles. The summed E-state index contributed by atoms with van der Waals surface area (Å²) in [6, 6.07) is 0. The lowest BCUT2D eigenvalue weighted by Gasteiger charge is -2.43. The fraction of sp³-hybridized carbons (Fsp3) is 0.833. The van der Waals surface area contributed by atoms with Gasteiger partial charge in [-0.25, -0.2) is 0 Å². The predicted molar refractivity (Wildman–Crippen MR) is 58.0 cm³/mol. The van der Waals surface area contributed by atoms with E-state index in [1.165, 1.54) is 0 Å². The number of hydrogen-bond donors (Lipinski definition) is 0. The van der Waals surface area contributed by atoms with E-state index in [9.17, 15) is 0 Å². The summed E-state index contributed by atoms with van der Waals surface area (Å²) < 4.78 is 11.5. The first-order chi connectivity index (χ1) is 6.47. The molecule has 2 nitrogen and oxygen atoms in total. The predicted octanol–water partition coefficient (Wildman–Crippen LogP) is 2.99. The Bertz CT molecular complexity index is 206. The minimum Gasteiger partial charge on any atom is -0.348 e. The first kappa shape index (κ1) is 11.7. The standard InChI is InChI=1S/C12H22O2/c1-6-7-10-13-8-12(4,5)11(14-10)9(2)3/h6-7,9-11H,8H2,1-5H3/b7-6-/t10-,11+/m1/s1. The van der Waals surface area contributed by atoms with E-state index in [2.05, 4.69) is 27.7 Å². The topological polar surface area (TPSA) is 18.5 Å². The molecule has 82 valence electrons. The second-order valence-electron chi connectivity index (χ2n) is 4.99. The van der Waals surface area contributed by atoms with Crippen molar-refractivity contribution in [2.75, 3.05) is 6.61 Å². The highest BCUT2D eigenvalue weighted by Crippen LogP contribution is 2.34. The Hall–Kier alpha value is -0.340. The van der Waals surface area contributed by atoms with Crippen LogP contribution in [-0.2, 0) is 9.47 Å². The van der Waals surface area contributed by atoms with Crippen LogP contribution in [0.3, 0.4) is 0 Å². The van der Waals surface area contributed by atoms with Crippen molar-refractivity contribution < 1.29 is 9.47 Å². The van der Waals surface area contributed by atoms with E-state index in [0.29, 0.717) is 5.92 Å². The van der Waals surface area contributed by atoms with Gasteiger partial charge < -0.3 is 9.47 Å². The molecule has 0 saturated carbocycles. The Balaban J connectivity index is 2.67. The van der Waals surface area contributed by atoms with Gasteiger partial charge in [0, 0.05) is 5.41 Å². The van der Waals surface area contributed by atoms with Gasteiger partial charge in [0.2, 0.25) is 0 Å². The molecule has 1 heterocycles. The molecule has 0 amide bonds. The van der Waals surface area contributed by atoms with E-state index in [1.807, 2.05) is 19.1 Å². The van der Waals surface area contributed by atoms with Gasteiger partial charge in [-0.3, -0.25) is 0 Å². The highest BCUT2D eigenvalue weighted by Gasteiger charge is 2.38. The van der Waals surface area contributed by atoms with Gasteiger partial charge in [0.25, 0.3) is 0 Å². The average molecular weight is 198 g/mol. The summed E-state index contributed by atoms with van der Waals surface area (Å²) in [6.07, 6.45) is 4.06. The third kappa shape index (κ3) is 2.58. The van der Waals surface area contributed by atoms with E-state index in [-0.39, 0.29) is 17.8 Å². The van der Waals surface area contributed by atoms with Crippen molar-refractivity contribution in [2.45, 2.75) is 47.0 Å². The molecule has 1 saturated heterocycles. The SMILES string of the molecule is C/C=C\[C@@H]1OCC(C)(C)[C@H](C(C)C)O1. The molecule has 1 aliphatic rings. The molecule has 1 rings (SSSR count). The third-order valence-electron chi connectivity index (χ3n) is 2.63. The Morgan fingerprint density at radius 1 is 1.36 bits per heavy atom. The van der Waals surface area contributed by atoms with Gasteiger partial charge in [-0.2, -0.15) is 0 Å². The number of allylic oxidation sites excluding steroid dienone is 1. The zero-order chi connectivity index (χ0) is 10.8. The Morgan fingerprint density at radius 3 is 2.50 bits per heavy atom. The molecule has 2 heteroatoms. The molecule has 1 fully saturated rings. The maximum Gasteiger partial charge on any atom is 0.177 e. The van der Waals surface area contributed by atoms with Gasteiger partial charge in [0.05, 0.1) is 12.7 Å². The lowest BCUT2D eigenvalue weighted by Crippen LogP contribution is -2.47. The molecule has 0 N–H and O–H groups in total. The van der Waals surface area contributed by atoms with Crippen LogP contribution >= 0.6 is 0 Å². The van der Waals surface area contributed by atoms with Crippen LogP contribution in [0.1, 0.15) is 34.6 Å². The average Bonchev–Trinajstić information content (AvgIpc) is 2.08. The van der Waals surface area contributed by atoms with Crippen molar-refractivity contribution in [1.82, 2.24) is 0 Å². The molecule has 2 atom stereocenters. The van der Waals surface area contributed by atoms with Crippen molar-refractivity contribution in [3.05, 3.63) is 12.2 Å². The Morgan fingerprint density at radius 2 is 2.00 bits per heavy atom. The summed E-state index contributed by atoms with van der Waals surface area (Å²) in [4.78, 5) is 0. The van der Waals surface area contributed by atoms with Gasteiger partial charge in [-0.1, -0.05) is 33.8 Å². The van der Waals surface area contributed by atoms with Gasteiger partial charge in [-0.05, 0) is 18.9 Å². The van der Waals surface area contributed by atoms with Crippen molar-refractivity contribution >= 4 is 0 Å². The molecular weight excluding hydrogens is 176 g/mol. The highest BCUT2D eigenvalue weighted by molar-refractivity contribution is 4.90. The van der Waals surface area contributed by atoms with Crippen molar-refractivity contribution in [1.29, 1.82) is 0 Å². The maximum absolute atomic E-state index is 5.89. The molecule has 0 aromatic heterocycles. The van der Waals surface area contributed by atoms with Crippen molar-refractivity contribution in [3.63, 3.8) is 0 Å². The van der Waals surface area contributed by atoms with Crippen LogP contribution in [0.2, 0.25) is 0 Å². The van der Waals surface area contributed by atoms with Crippen LogP contribution in [0.4, 0.5) is 0 Å². The van der Waals surface area contributed by atoms with Crippen molar-refractivity contribution in [2.24, 2.45) is 11.3 Å². The smallest absolute Gasteiger partial charge is 0.177 e. The fourth-order valence-corrected chi connectivity index (χ4v) is 2.06. The van der Waals surface area contributed by atoms with Gasteiger partial charge >= 0.3 is 0 Å². The first-order valence-corrected chi connectivity index (χ1v) is 5.37. The van der Waals surface area contributed by atoms with Gasteiger partial charge in [0.15, 0.2) is 6.29 Å². The van der Waals surface area contributed by atoms with Crippen LogP contribution in [-0.4, -0.2) is 19.0 Å². The summed E-state index contributed by atoms with van der Waals surface area (Å²) in [5, 5.41) is 0. The highest BCUT2D eigenvalue weighted by atomic mass is 16.7. The molecule has 0 aliphatic carbocycles. The van der Waals surface area contributed by atoms with E-state index in [0.717, 1.165) is 6.61 Å². The largest absolute Gasteiger partial charge is 0.348 e. The van der Waals surface area contributed by atoms with E-state index >= 15 is 0 Å². The van der Waals surface area contributed by atoms with Crippen LogP contribution in [0.15, 0.2) is 12.2 Å². The summed E-state index contributed by atoms with van der Waals surface area (Å²) >= 11 is 0. The first-order valence-electron chi connectivity index (χ1n) is 5.37. The second kappa shape index (κ2) is 4.45. The number of rotatable bonds is 2.